The summed E-state index contributed by atoms with van der Waals surface area (Å²) in [5.74, 6) is 13.1. The van der Waals surface area contributed by atoms with Crippen molar-refractivity contribution in [1.82, 2.24) is 29.3 Å². The second-order valence-corrected chi connectivity index (χ2v) is 52.4. The van der Waals surface area contributed by atoms with Crippen molar-refractivity contribution < 1.29 is 44.0 Å². The second-order valence-electron chi connectivity index (χ2n) is 52.4. The van der Waals surface area contributed by atoms with Crippen LogP contribution in [0, 0.1) is 188 Å². The molecule has 3 heterocycles. The van der Waals surface area contributed by atoms with Crippen molar-refractivity contribution in [3.8, 4) is 0 Å². The van der Waals surface area contributed by atoms with Gasteiger partial charge in [0.2, 0.25) is 0 Å². The Morgan fingerprint density at radius 2 is 0.677 bits per heavy atom. The van der Waals surface area contributed by atoms with Gasteiger partial charge in [-0.2, -0.15) is 15.3 Å². The Bertz CT molecular complexity index is 5540. The fourth-order valence-electron chi connectivity index (χ4n) is 37.5. The summed E-state index contributed by atoms with van der Waals surface area (Å²) in [5, 5.41) is 60.2. The monoisotopic (exact) mass is 1810 g/mol. The molecule has 722 valence electrons. The molecule has 133 heavy (non-hydrogen) atoms. The fourth-order valence-corrected chi connectivity index (χ4v) is 37.5. The van der Waals surface area contributed by atoms with Crippen LogP contribution in [0.4, 0.5) is 4.39 Å². The third kappa shape index (κ3) is 16.5. The Balaban J connectivity index is 0.000000110. The van der Waals surface area contributed by atoms with E-state index in [0.29, 0.717) is 117 Å². The third-order valence-corrected chi connectivity index (χ3v) is 44.9. The Labute approximate surface area is 795 Å². The van der Waals surface area contributed by atoms with Crippen LogP contribution in [0.15, 0.2) is 97.5 Å². The molecule has 16 aliphatic rings. The molecule has 3 aromatic heterocycles. The number of hydrogen-bond donors (Lipinski definition) is 4. The number of carbonyl (C=O) groups excluding carboxylic acids is 4. The van der Waals surface area contributed by atoms with Crippen molar-refractivity contribution in [1.29, 1.82) is 0 Å². The van der Waals surface area contributed by atoms with Crippen LogP contribution in [0.25, 0.3) is 32.7 Å². The van der Waals surface area contributed by atoms with Gasteiger partial charge in [-0.25, -0.2) is 4.39 Å². The molecule has 15 heteroatoms. The highest BCUT2D eigenvalue weighted by Crippen LogP contribution is 2.74. The maximum absolute atomic E-state index is 14.2. The summed E-state index contributed by atoms with van der Waals surface area (Å²) >= 11 is 0. The quantitative estimate of drug-likeness (QED) is 0.0906. The highest BCUT2D eigenvalue weighted by Gasteiger charge is 2.68. The number of benzene rings is 4. The van der Waals surface area contributed by atoms with Gasteiger partial charge >= 0.3 is 0 Å². The molecular formula is C118H165FN6O8. The van der Waals surface area contributed by atoms with Gasteiger partial charge in [-0.1, -0.05) is 109 Å². The van der Waals surface area contributed by atoms with Crippen LogP contribution < -0.4 is 0 Å². The minimum Gasteiger partial charge on any atom is -0.390 e. The summed E-state index contributed by atoms with van der Waals surface area (Å²) in [5.41, 5.74) is 7.42. The number of rotatable bonds is 12. The molecule has 0 radical (unpaired) electrons. The van der Waals surface area contributed by atoms with E-state index >= 15 is 0 Å². The average Bonchev–Trinajstić information content (AvgIpc) is 1.70. The standard InChI is InChI=1S/3C30H42N2O2.C28H39FO2/c1-19-5-10-26-20(15-19)17-32(31-26)18-27(33)25-9-8-23-22-7-6-21-16-28(2,34)13-14-29(21,3)24(22)11-12-30(23,25)4;1-19-5-10-26-20(15-19)17-31-32(26)18-27(33)25-9-8-23-22-7-6-21-16-28(2,34)13-14-29(21,3)24(22)11-12-30(23,25)4;1-19-5-6-20-17-31-32(26(20)15-19)18-27(33)25-10-9-23-22-8-7-21-16-28(2,34)13-14-29(21,3)24(22)11-12-30(23,25)4;1-26(31)14-15-27(2)19(17-26)8-9-20-21-10-11-23(28(21,3)13-12-22(20)27)25(30)16-18-6-4-5-7-24(18)29/h2*5,10,15,17,21-25,34H,6-9,11-14,16,18H2,1-4H3;5-6,15,17,21-25,34H,7-14,16,18H2,1-4H3;4-7,19-23,31H,8-17H2,1-3H3/t3*21-,22-,23-,24-,25+,28+,29-,30-;19-,20+,21+,22+,23-,26-,27+,28+/m0001/s1. The summed E-state index contributed by atoms with van der Waals surface area (Å²) in [4.78, 5) is 54.5. The number of fused-ring (bicyclic) bond motifs is 23. The Hall–Kier alpha value is -6.26. The molecule has 4 N–H and O–H groups in total. The highest BCUT2D eigenvalue weighted by molar-refractivity contribution is 5.88. The van der Waals surface area contributed by atoms with Gasteiger partial charge < -0.3 is 20.4 Å². The van der Waals surface area contributed by atoms with Crippen LogP contribution >= 0.6 is 0 Å². The van der Waals surface area contributed by atoms with Gasteiger partial charge in [-0.3, -0.25) is 33.2 Å². The Kier molecular flexibility index (Phi) is 24.3. The van der Waals surface area contributed by atoms with E-state index < -0.39 is 22.4 Å². The number of aliphatic hydroxyl groups is 4. The lowest BCUT2D eigenvalue weighted by atomic mass is 9.44. The molecule has 23 rings (SSSR count). The summed E-state index contributed by atoms with van der Waals surface area (Å²) < 4.78 is 19.9. The van der Waals surface area contributed by atoms with E-state index in [4.69, 9.17) is 5.10 Å². The number of nitrogens with zero attached hydrogens (tertiary/aromatic N) is 6. The van der Waals surface area contributed by atoms with Gasteiger partial charge in [-0.15, -0.1) is 0 Å². The minimum absolute atomic E-state index is 0.0763. The second kappa shape index (κ2) is 34.3. The molecule has 16 fully saturated rings. The van der Waals surface area contributed by atoms with E-state index in [9.17, 15) is 44.0 Å². The van der Waals surface area contributed by atoms with Crippen LogP contribution in [-0.2, 0) is 45.2 Å². The van der Waals surface area contributed by atoms with E-state index in [1.54, 1.807) is 12.1 Å². The van der Waals surface area contributed by atoms with Crippen LogP contribution in [0.1, 0.15) is 336 Å². The smallest absolute Gasteiger partial charge is 0.157 e. The number of ketones is 4. The zero-order valence-corrected chi connectivity index (χ0v) is 84.1. The zero-order chi connectivity index (χ0) is 93.7. The fraction of sp³-hybridized carbons (Fsp3) is 0.737. The van der Waals surface area contributed by atoms with Crippen molar-refractivity contribution in [2.75, 3.05) is 0 Å². The van der Waals surface area contributed by atoms with E-state index in [1.165, 1.54) is 158 Å². The lowest BCUT2D eigenvalue weighted by Gasteiger charge is -2.61. The molecule has 0 amide bonds. The number of aromatic nitrogens is 6. The van der Waals surface area contributed by atoms with Crippen molar-refractivity contribution >= 4 is 55.8 Å². The SMILES string of the molecule is C[C@@]1(O)CC[C@@]2(C)[C@H](CC[C@@H]3[C@@H]2CC[C@]2(C)[C@@H](C(=O)Cc4ccccc4F)CC[C@@H]32)C1.Cc1ccc2c(cnn2CC(=O)[C@H]2CC[C@H]3[C@@H]4CC[C@H]5C[C@](C)(O)CC[C@]5(C)[C@H]4CC[C@]23C)c1.Cc1ccc2cnn(CC(=O)[C@H]3CC[C@H]4[C@@H]5CC[C@H]6C[C@](C)(O)CC[C@]6(C)[C@H]5CC[C@]34C)c2c1.Cc1ccc2nn(CC(=O)[C@H]3CC[C@H]4[C@@H]5CC[C@H]6C[C@](C)(O)CC[C@]6(C)[C@H]5CC[C@]34C)cc2c1. The lowest BCUT2D eigenvalue weighted by Crippen LogP contribution is -2.55. The third-order valence-electron chi connectivity index (χ3n) is 44.9. The molecule has 0 aliphatic heterocycles. The molecule has 7 aromatic rings. The summed E-state index contributed by atoms with van der Waals surface area (Å²) in [6, 6.07) is 25.8. The molecule has 0 bridgehead atoms. The number of aryl methyl sites for hydroxylation is 3. The largest absolute Gasteiger partial charge is 0.390 e. The molecule has 32 atom stereocenters. The molecule has 0 spiro atoms. The maximum Gasteiger partial charge on any atom is 0.157 e. The van der Waals surface area contributed by atoms with Crippen molar-refractivity contribution in [3.63, 3.8) is 0 Å². The predicted molar refractivity (Wildman–Crippen MR) is 527 cm³/mol. The first-order valence-corrected chi connectivity index (χ1v) is 54.0. The van der Waals surface area contributed by atoms with E-state index in [1.807, 2.05) is 66.4 Å². The highest BCUT2D eigenvalue weighted by atomic mass is 19.1. The summed E-state index contributed by atoms with van der Waals surface area (Å²) in [6.07, 6.45) is 47.2. The van der Waals surface area contributed by atoms with Crippen molar-refractivity contribution in [2.24, 2.45) is 162 Å². The number of halogens is 1. The number of hydrogen-bond acceptors (Lipinski definition) is 11. The number of carbonyl (C=O) groups is 4. The first kappa shape index (κ1) is 94.3. The minimum atomic E-state index is -0.488. The van der Waals surface area contributed by atoms with E-state index in [-0.39, 0.29) is 63.4 Å². The summed E-state index contributed by atoms with van der Waals surface area (Å²) in [7, 11) is 0. The van der Waals surface area contributed by atoms with Gasteiger partial charge in [0.15, 0.2) is 17.3 Å². The molecule has 4 aromatic carbocycles. The van der Waals surface area contributed by atoms with Gasteiger partial charge in [0.25, 0.3) is 0 Å². The van der Waals surface area contributed by atoms with Crippen LogP contribution in [0.5, 0.6) is 0 Å². The molecule has 16 saturated carbocycles. The van der Waals surface area contributed by atoms with E-state index in [0.717, 1.165) is 170 Å². The molecule has 16 aliphatic carbocycles. The zero-order valence-electron chi connectivity index (χ0n) is 84.1. The maximum atomic E-state index is 14.2. The van der Waals surface area contributed by atoms with Crippen molar-refractivity contribution in [2.45, 2.75) is 383 Å². The topological polar surface area (TPSA) is 203 Å². The lowest BCUT2D eigenvalue weighted by molar-refractivity contribution is -0.151. The molecule has 0 saturated heterocycles. The summed E-state index contributed by atoms with van der Waals surface area (Å²) in [6.45, 7) is 35.6. The number of Topliss-reactive ketones (excluding diaryl/α,β-unsaturated/α-hetero) is 4. The Morgan fingerprint density at radius 3 is 1.08 bits per heavy atom. The first-order chi connectivity index (χ1) is 62.9. The van der Waals surface area contributed by atoms with Crippen LogP contribution in [-0.4, -0.2) is 95.3 Å². The predicted octanol–water partition coefficient (Wildman–Crippen LogP) is 25.3. The van der Waals surface area contributed by atoms with Crippen LogP contribution in [0.2, 0.25) is 0 Å². The van der Waals surface area contributed by atoms with Gasteiger partial charge in [0.05, 0.1) is 57.9 Å². The molecular weight excluding hydrogens is 1650 g/mol. The first-order valence-electron chi connectivity index (χ1n) is 54.0. The normalized spacial score (nSPS) is 44.5. The van der Waals surface area contributed by atoms with Crippen molar-refractivity contribution in [3.05, 3.63) is 126 Å². The molecule has 14 nitrogen and oxygen atoms in total. The van der Waals surface area contributed by atoms with E-state index in [2.05, 4.69) is 141 Å². The van der Waals surface area contributed by atoms with Gasteiger partial charge in [0.1, 0.15) is 24.7 Å². The average molecular weight is 1810 g/mol. The Morgan fingerprint density at radius 1 is 0.338 bits per heavy atom. The van der Waals surface area contributed by atoms with Gasteiger partial charge in [-0.05, 0) is 465 Å². The van der Waals surface area contributed by atoms with Crippen LogP contribution in [0.3, 0.4) is 0 Å². The molecule has 0 unspecified atom stereocenters. The van der Waals surface area contributed by atoms with Gasteiger partial charge in [0, 0.05) is 52.4 Å².